The van der Waals surface area contributed by atoms with Crippen LogP contribution in [0.5, 0.6) is 0 Å². The number of H-pyrrole nitrogens is 2. The highest BCUT2D eigenvalue weighted by atomic mass is 16.3. The number of rotatable bonds is 14. The van der Waals surface area contributed by atoms with Crippen molar-refractivity contribution in [3.8, 4) is 22.5 Å². The molecule has 0 radical (unpaired) electrons. The molecule has 0 spiro atoms. The number of aliphatic hydroxyl groups is 2. The van der Waals surface area contributed by atoms with Gasteiger partial charge in [0.15, 0.2) is 5.78 Å². The van der Waals surface area contributed by atoms with Crippen LogP contribution in [-0.2, 0) is 31.0 Å². The third kappa shape index (κ3) is 7.78. The summed E-state index contributed by atoms with van der Waals surface area (Å²) in [5, 5.41) is 28.3. The van der Waals surface area contributed by atoms with Crippen LogP contribution >= 0.6 is 0 Å². The summed E-state index contributed by atoms with van der Waals surface area (Å²) in [6.07, 6.45) is 3.80. The zero-order chi connectivity index (χ0) is 42.3. The Balaban J connectivity index is 0.935. The fourth-order valence-electron chi connectivity index (χ4n) is 10.5. The van der Waals surface area contributed by atoms with Crippen molar-refractivity contribution < 1.29 is 15.0 Å². The Kier molecular flexibility index (Phi) is 11.5. The first kappa shape index (κ1) is 40.8. The highest BCUT2D eigenvalue weighted by Gasteiger charge is 2.41. The molecule has 2 saturated heterocycles. The van der Waals surface area contributed by atoms with Crippen LogP contribution in [0, 0.1) is 0 Å². The van der Waals surface area contributed by atoms with Crippen molar-refractivity contribution in [1.29, 1.82) is 0 Å². The molecule has 4 aromatic carbocycles. The van der Waals surface area contributed by atoms with Gasteiger partial charge in [-0.2, -0.15) is 0 Å². The van der Waals surface area contributed by atoms with E-state index < -0.39 is 12.1 Å². The van der Waals surface area contributed by atoms with E-state index in [9.17, 15) is 10.2 Å². The van der Waals surface area contributed by atoms with Gasteiger partial charge in [-0.1, -0.05) is 61.7 Å². The smallest absolute Gasteiger partial charge is 0.175 e. The Bertz CT molecular complexity index is 2470. The summed E-state index contributed by atoms with van der Waals surface area (Å²) in [5.41, 5.74) is 15.1. The normalized spacial score (nSPS) is 20.0. The number of nitrogens with zero attached hydrogens (tertiary/aromatic N) is 4. The average molecular weight is 831 g/mol. The van der Waals surface area contributed by atoms with Crippen LogP contribution in [0.25, 0.3) is 56.5 Å². The second-order valence-corrected chi connectivity index (χ2v) is 17.5. The van der Waals surface area contributed by atoms with Gasteiger partial charge >= 0.3 is 0 Å². The predicted molar refractivity (Wildman–Crippen MR) is 249 cm³/mol. The molecule has 2 atom stereocenters. The Hall–Kier alpha value is -5.21. The van der Waals surface area contributed by atoms with Crippen molar-refractivity contribution in [2.45, 2.75) is 38.3 Å². The van der Waals surface area contributed by atoms with Crippen LogP contribution < -0.4 is 10.6 Å². The molecule has 0 saturated carbocycles. The van der Waals surface area contributed by atoms with E-state index in [4.69, 9.17) is 0 Å². The van der Waals surface area contributed by atoms with E-state index in [0.717, 1.165) is 156 Å². The molecule has 2 fully saturated rings. The van der Waals surface area contributed by atoms with Crippen molar-refractivity contribution >= 4 is 39.7 Å². The summed E-state index contributed by atoms with van der Waals surface area (Å²) in [6, 6.07) is 25.4. The summed E-state index contributed by atoms with van der Waals surface area (Å²) in [6.45, 7) is 21.0. The molecule has 62 heavy (non-hydrogen) atoms. The van der Waals surface area contributed by atoms with Crippen molar-refractivity contribution in [3.05, 3.63) is 130 Å². The lowest BCUT2D eigenvalue weighted by molar-refractivity contribution is -0.123. The summed E-state index contributed by atoms with van der Waals surface area (Å²) in [7, 11) is 0. The molecule has 0 bridgehead atoms. The molecule has 6 aromatic rings. The van der Waals surface area contributed by atoms with Crippen molar-refractivity contribution in [2.24, 2.45) is 0 Å². The largest absolute Gasteiger partial charge is 0.395 e. The maximum Gasteiger partial charge on any atom is 0.175 e. The van der Waals surface area contributed by atoms with Gasteiger partial charge in [-0.25, -0.2) is 0 Å². The number of hydrogen-bond acceptors (Lipinski definition) is 9. The molecule has 0 aliphatic carbocycles. The first-order valence-electron chi connectivity index (χ1n) is 22.3. The number of aromatic amines is 2. The number of piperazine rings is 2. The van der Waals surface area contributed by atoms with E-state index in [1.807, 2.05) is 12.2 Å². The standard InChI is InChI=1S/C51H58N8O3/c1-3-35-7-9-39(45-27-37-25-33(5-11-43(37)54-45)31-58-17-13-56(14-18-58)21-23-60)47-41(35)29-52-49(47)51(62)50-48-40(10-8-36(4-2)42(48)30-53-50)46-28-38-26-34(6-12-44(38)55-46)32-59-19-15-57(16-20-59)22-24-61/h3-12,25-28,49-50,52-55,60-61H,1-2,13-24,29-32H2. The minimum absolute atomic E-state index is 0.0994. The number of ketones is 1. The molecule has 4 aliphatic rings. The molecule has 6 N–H and O–H groups in total. The maximum absolute atomic E-state index is 15.2. The van der Waals surface area contributed by atoms with Gasteiger partial charge in [0.2, 0.25) is 0 Å². The Labute approximate surface area is 363 Å². The molecule has 2 unspecified atom stereocenters. The lowest BCUT2D eigenvalue weighted by atomic mass is 9.85. The number of carbonyl (C=O) groups is 1. The number of β-amino-alcohol motifs (C(OH)–C–C–N with tert-alkyl or cyclic N) is 2. The van der Waals surface area contributed by atoms with Crippen LogP contribution in [0.2, 0.25) is 0 Å². The average Bonchev–Trinajstić information content (AvgIpc) is 4.12. The number of carbonyl (C=O) groups excluding carboxylic acids is 1. The van der Waals surface area contributed by atoms with Gasteiger partial charge in [0.25, 0.3) is 0 Å². The second-order valence-electron chi connectivity index (χ2n) is 17.5. The molecule has 11 nitrogen and oxygen atoms in total. The fourth-order valence-corrected chi connectivity index (χ4v) is 10.5. The fraction of sp³-hybridized carbons (Fsp3) is 0.353. The number of benzene rings is 4. The molecule has 0 amide bonds. The van der Waals surface area contributed by atoms with E-state index in [0.29, 0.717) is 13.1 Å². The first-order chi connectivity index (χ1) is 30.4. The van der Waals surface area contributed by atoms with Crippen molar-refractivity contribution in [3.63, 3.8) is 0 Å². The minimum Gasteiger partial charge on any atom is -0.395 e. The van der Waals surface area contributed by atoms with Gasteiger partial charge < -0.3 is 20.2 Å². The quantitative estimate of drug-likeness (QED) is 0.0779. The topological polar surface area (TPSA) is 126 Å². The highest BCUT2D eigenvalue weighted by Crippen LogP contribution is 2.44. The molecule has 6 heterocycles. The van der Waals surface area contributed by atoms with Gasteiger partial charge in [-0.15, -0.1) is 0 Å². The number of nitrogens with one attached hydrogen (secondary N) is 4. The van der Waals surface area contributed by atoms with Gasteiger partial charge in [0.1, 0.15) is 0 Å². The van der Waals surface area contributed by atoms with Crippen LogP contribution in [0.3, 0.4) is 0 Å². The third-order valence-electron chi connectivity index (χ3n) is 13.9. The Morgan fingerprint density at radius 3 is 1.40 bits per heavy atom. The van der Waals surface area contributed by atoms with E-state index in [2.05, 4.69) is 126 Å². The highest BCUT2D eigenvalue weighted by molar-refractivity contribution is 5.98. The number of hydrogen-bond donors (Lipinski definition) is 6. The number of aromatic nitrogens is 2. The SMILES string of the molecule is C=Cc1ccc(-c2cc3cc(CN4CCN(CCO)CC4)ccc3[nH]2)c2c1CNC2C(=O)C1NCc2c(C=C)ccc(-c3cc4cc(CN5CCN(CCO)CC5)ccc4[nH]3)c21. The lowest BCUT2D eigenvalue weighted by Crippen LogP contribution is -2.46. The van der Waals surface area contributed by atoms with Crippen LogP contribution in [0.4, 0.5) is 0 Å². The van der Waals surface area contributed by atoms with Gasteiger partial charge in [0, 0.05) is 136 Å². The maximum atomic E-state index is 15.2. The monoisotopic (exact) mass is 830 g/mol. The number of aliphatic hydroxyl groups excluding tert-OH is 2. The van der Waals surface area contributed by atoms with Crippen molar-refractivity contribution in [2.75, 3.05) is 78.7 Å². The predicted octanol–water partition coefficient (Wildman–Crippen LogP) is 6.05. The Morgan fingerprint density at radius 2 is 1.00 bits per heavy atom. The summed E-state index contributed by atoms with van der Waals surface area (Å²) in [4.78, 5) is 32.3. The van der Waals surface area contributed by atoms with E-state index in [-0.39, 0.29) is 19.0 Å². The van der Waals surface area contributed by atoms with Gasteiger partial charge in [-0.05, 0) is 80.9 Å². The molecular formula is C51H58N8O3. The van der Waals surface area contributed by atoms with Crippen LogP contribution in [-0.4, -0.2) is 124 Å². The summed E-state index contributed by atoms with van der Waals surface area (Å²) in [5.74, 6) is 0.0994. The van der Waals surface area contributed by atoms with Crippen LogP contribution in [0.1, 0.15) is 56.6 Å². The molecule has 320 valence electrons. The Morgan fingerprint density at radius 1 is 0.581 bits per heavy atom. The summed E-state index contributed by atoms with van der Waals surface area (Å²) >= 11 is 0. The first-order valence-corrected chi connectivity index (χ1v) is 22.3. The van der Waals surface area contributed by atoms with Gasteiger partial charge in [0.05, 0.1) is 25.3 Å². The third-order valence-corrected chi connectivity index (χ3v) is 13.9. The zero-order valence-electron chi connectivity index (χ0n) is 35.6. The van der Waals surface area contributed by atoms with Crippen LogP contribution in [0.15, 0.2) is 86.0 Å². The molecule has 2 aromatic heterocycles. The van der Waals surface area contributed by atoms with E-state index in [1.165, 1.54) is 11.1 Å². The molecule has 10 rings (SSSR count). The molecular weight excluding hydrogens is 773 g/mol. The number of Topliss-reactive ketones (excluding diaryl/α,β-unsaturated/α-hetero) is 1. The lowest BCUT2D eigenvalue weighted by Gasteiger charge is -2.34. The van der Waals surface area contributed by atoms with Crippen molar-refractivity contribution in [1.82, 2.24) is 40.2 Å². The molecule has 11 heteroatoms. The number of fused-ring (bicyclic) bond motifs is 4. The molecule has 4 aliphatic heterocycles. The van der Waals surface area contributed by atoms with E-state index >= 15 is 4.79 Å². The minimum atomic E-state index is -0.522. The zero-order valence-corrected chi connectivity index (χ0v) is 35.6. The van der Waals surface area contributed by atoms with Gasteiger partial charge in [-0.3, -0.25) is 35.0 Å². The summed E-state index contributed by atoms with van der Waals surface area (Å²) < 4.78 is 0. The second kappa shape index (κ2) is 17.5. The van der Waals surface area contributed by atoms with E-state index in [1.54, 1.807) is 0 Å².